The number of halogens is 1. The highest BCUT2D eigenvalue weighted by atomic mass is 35.5. The van der Waals surface area contributed by atoms with Crippen molar-refractivity contribution in [2.45, 2.75) is 45.6 Å². The molecule has 1 atom stereocenters. The van der Waals surface area contributed by atoms with E-state index in [0.717, 1.165) is 37.3 Å². The number of thiophene rings is 1. The van der Waals surface area contributed by atoms with Gasteiger partial charge in [-0.25, -0.2) is 0 Å². The normalized spacial score (nSPS) is 12.5. The van der Waals surface area contributed by atoms with Crippen LogP contribution in [0.1, 0.15) is 35.6 Å². The van der Waals surface area contributed by atoms with E-state index in [2.05, 4.69) is 43.4 Å². The van der Waals surface area contributed by atoms with Gasteiger partial charge in [-0.15, -0.1) is 11.3 Å². The third-order valence-electron chi connectivity index (χ3n) is 3.57. The van der Waals surface area contributed by atoms with Crippen LogP contribution in [0.15, 0.2) is 36.4 Å². The maximum Gasteiger partial charge on any atom is 0.0408 e. The Morgan fingerprint density at radius 1 is 1.10 bits per heavy atom. The van der Waals surface area contributed by atoms with Gasteiger partial charge in [-0.2, -0.15) is 0 Å². The summed E-state index contributed by atoms with van der Waals surface area (Å²) >= 11 is 8.04. The van der Waals surface area contributed by atoms with E-state index in [1.54, 1.807) is 0 Å². The Bertz CT molecular complexity index is 550. The van der Waals surface area contributed by atoms with E-state index >= 15 is 0 Å². The number of hydrogen-bond donors (Lipinski definition) is 1. The zero-order chi connectivity index (χ0) is 15.1. The van der Waals surface area contributed by atoms with E-state index < -0.39 is 0 Å². The van der Waals surface area contributed by atoms with E-state index in [0.29, 0.717) is 6.04 Å². The van der Waals surface area contributed by atoms with Crippen molar-refractivity contribution in [3.63, 3.8) is 0 Å². The van der Waals surface area contributed by atoms with Crippen molar-refractivity contribution in [3.05, 3.63) is 56.7 Å². The van der Waals surface area contributed by atoms with E-state index in [1.165, 1.54) is 15.3 Å². The summed E-state index contributed by atoms with van der Waals surface area (Å²) in [7, 11) is 0. The third kappa shape index (κ3) is 5.46. The Kier molecular flexibility index (Phi) is 6.75. The molecule has 1 nitrogen and oxygen atoms in total. The van der Waals surface area contributed by atoms with Crippen LogP contribution in [0, 0.1) is 0 Å². The zero-order valence-corrected chi connectivity index (χ0v) is 14.4. The summed E-state index contributed by atoms with van der Waals surface area (Å²) in [5.74, 6) is 0. The van der Waals surface area contributed by atoms with E-state index in [-0.39, 0.29) is 0 Å². The second-order valence-corrected chi connectivity index (χ2v) is 7.10. The average Bonchev–Trinajstić information content (AvgIpc) is 2.92. The Morgan fingerprint density at radius 2 is 1.90 bits per heavy atom. The molecule has 0 fully saturated rings. The van der Waals surface area contributed by atoms with Gasteiger partial charge < -0.3 is 5.32 Å². The fourth-order valence-electron chi connectivity index (χ4n) is 2.48. The molecule has 0 spiro atoms. The molecule has 1 aromatic heterocycles. The molecule has 2 rings (SSSR count). The molecule has 0 aliphatic carbocycles. The van der Waals surface area contributed by atoms with Crippen molar-refractivity contribution < 1.29 is 0 Å². The highest BCUT2D eigenvalue weighted by Crippen LogP contribution is 2.20. The molecule has 0 saturated heterocycles. The van der Waals surface area contributed by atoms with E-state index in [1.807, 2.05) is 23.5 Å². The van der Waals surface area contributed by atoms with Crippen molar-refractivity contribution >= 4 is 22.9 Å². The van der Waals surface area contributed by atoms with Gasteiger partial charge in [-0.05, 0) is 62.1 Å². The van der Waals surface area contributed by atoms with Crippen molar-refractivity contribution in [2.24, 2.45) is 0 Å². The molecule has 0 radical (unpaired) electrons. The molecular weight excluding hydrogens is 298 g/mol. The van der Waals surface area contributed by atoms with Crippen molar-refractivity contribution in [1.82, 2.24) is 5.32 Å². The minimum absolute atomic E-state index is 0.478. The lowest BCUT2D eigenvalue weighted by atomic mass is 10.0. The summed E-state index contributed by atoms with van der Waals surface area (Å²) in [6, 6.07) is 13.2. The van der Waals surface area contributed by atoms with Crippen LogP contribution in [0.4, 0.5) is 0 Å². The molecule has 0 bridgehead atoms. The minimum Gasteiger partial charge on any atom is -0.313 e. The van der Waals surface area contributed by atoms with Gasteiger partial charge in [0.25, 0.3) is 0 Å². The lowest BCUT2D eigenvalue weighted by Gasteiger charge is -2.18. The van der Waals surface area contributed by atoms with Crippen LogP contribution >= 0.6 is 22.9 Å². The SMILES string of the molecule is CCCNC(Cc1cccc(Cl)c1)Cc1ccc(CC)s1. The Balaban J connectivity index is 2.03. The molecular formula is C18H24ClNS. The zero-order valence-electron chi connectivity index (χ0n) is 12.9. The van der Waals surface area contributed by atoms with Crippen LogP contribution in [0.25, 0.3) is 0 Å². The van der Waals surface area contributed by atoms with Crippen molar-refractivity contribution in [2.75, 3.05) is 6.54 Å². The Labute approximate surface area is 137 Å². The van der Waals surface area contributed by atoms with Gasteiger partial charge >= 0.3 is 0 Å². The topological polar surface area (TPSA) is 12.0 Å². The van der Waals surface area contributed by atoms with Gasteiger partial charge in [0.15, 0.2) is 0 Å². The molecule has 1 N–H and O–H groups in total. The molecule has 0 aliphatic rings. The van der Waals surface area contributed by atoms with Gasteiger partial charge in [-0.3, -0.25) is 0 Å². The quantitative estimate of drug-likeness (QED) is 0.711. The standard InChI is InChI=1S/C18H24ClNS/c1-3-10-20-16(12-14-6-5-7-15(19)11-14)13-18-9-8-17(4-2)21-18/h5-9,11,16,20H,3-4,10,12-13H2,1-2H3. The Hall–Kier alpha value is -0.830. The lowest BCUT2D eigenvalue weighted by Crippen LogP contribution is -2.33. The summed E-state index contributed by atoms with van der Waals surface area (Å²) in [5.41, 5.74) is 1.31. The predicted octanol–water partition coefficient (Wildman–Crippen LogP) is 5.12. The summed E-state index contributed by atoms with van der Waals surface area (Å²) in [6.45, 7) is 5.50. The second kappa shape index (κ2) is 8.57. The molecule has 114 valence electrons. The molecule has 2 aromatic rings. The highest BCUT2D eigenvalue weighted by Gasteiger charge is 2.11. The van der Waals surface area contributed by atoms with Crippen LogP contribution in [0.3, 0.4) is 0 Å². The average molecular weight is 322 g/mol. The number of rotatable bonds is 8. The van der Waals surface area contributed by atoms with Crippen LogP contribution in [-0.2, 0) is 19.3 Å². The molecule has 1 aromatic carbocycles. The number of benzene rings is 1. The molecule has 0 aliphatic heterocycles. The maximum atomic E-state index is 6.10. The number of hydrogen-bond acceptors (Lipinski definition) is 2. The molecule has 0 amide bonds. The number of aryl methyl sites for hydroxylation is 1. The van der Waals surface area contributed by atoms with E-state index in [4.69, 9.17) is 11.6 Å². The predicted molar refractivity (Wildman–Crippen MR) is 94.6 cm³/mol. The van der Waals surface area contributed by atoms with Crippen LogP contribution in [0.5, 0.6) is 0 Å². The monoisotopic (exact) mass is 321 g/mol. The smallest absolute Gasteiger partial charge is 0.0408 e. The van der Waals surface area contributed by atoms with Crippen LogP contribution in [-0.4, -0.2) is 12.6 Å². The summed E-state index contributed by atoms with van der Waals surface area (Å²) in [5, 5.41) is 4.50. The molecule has 0 saturated carbocycles. The first-order chi connectivity index (χ1) is 10.2. The lowest BCUT2D eigenvalue weighted by molar-refractivity contribution is 0.507. The summed E-state index contributed by atoms with van der Waals surface area (Å²) < 4.78 is 0. The van der Waals surface area contributed by atoms with Gasteiger partial charge in [0, 0.05) is 20.8 Å². The Morgan fingerprint density at radius 3 is 2.57 bits per heavy atom. The van der Waals surface area contributed by atoms with Gasteiger partial charge in [-0.1, -0.05) is 37.6 Å². The molecule has 1 heterocycles. The largest absolute Gasteiger partial charge is 0.313 e. The molecule has 3 heteroatoms. The van der Waals surface area contributed by atoms with Gasteiger partial charge in [0.05, 0.1) is 0 Å². The van der Waals surface area contributed by atoms with Crippen LogP contribution in [0.2, 0.25) is 5.02 Å². The molecule has 21 heavy (non-hydrogen) atoms. The first kappa shape index (κ1) is 16.5. The van der Waals surface area contributed by atoms with Gasteiger partial charge in [0.1, 0.15) is 0 Å². The van der Waals surface area contributed by atoms with E-state index in [9.17, 15) is 0 Å². The molecule has 1 unspecified atom stereocenters. The maximum absolute atomic E-state index is 6.10. The summed E-state index contributed by atoms with van der Waals surface area (Å²) in [6.07, 6.45) is 4.42. The fraction of sp³-hybridized carbons (Fsp3) is 0.444. The third-order valence-corrected chi connectivity index (χ3v) is 5.05. The number of nitrogens with one attached hydrogen (secondary N) is 1. The van der Waals surface area contributed by atoms with Crippen LogP contribution < -0.4 is 5.32 Å². The van der Waals surface area contributed by atoms with Gasteiger partial charge in [0.2, 0.25) is 0 Å². The van der Waals surface area contributed by atoms with Crippen molar-refractivity contribution in [3.8, 4) is 0 Å². The van der Waals surface area contributed by atoms with Crippen molar-refractivity contribution in [1.29, 1.82) is 0 Å². The first-order valence-corrected chi connectivity index (χ1v) is 8.96. The summed E-state index contributed by atoms with van der Waals surface area (Å²) in [4.78, 5) is 2.95. The first-order valence-electron chi connectivity index (χ1n) is 7.76. The second-order valence-electron chi connectivity index (χ2n) is 5.41. The highest BCUT2D eigenvalue weighted by molar-refractivity contribution is 7.11. The minimum atomic E-state index is 0.478. The fourth-order valence-corrected chi connectivity index (χ4v) is 3.73.